The first-order chi connectivity index (χ1) is 8.11. The van der Waals surface area contributed by atoms with Crippen LogP contribution >= 0.6 is 0 Å². The van der Waals surface area contributed by atoms with Crippen molar-refractivity contribution in [2.24, 2.45) is 0 Å². The molecule has 1 rings (SSSR count). The number of rotatable bonds is 3. The summed E-state index contributed by atoms with van der Waals surface area (Å²) in [5.74, 6) is -1.36. The molecular formula is C13H19NO4. The molecule has 1 aromatic heterocycles. The fourth-order valence-electron chi connectivity index (χ4n) is 1.72. The summed E-state index contributed by atoms with van der Waals surface area (Å²) < 4.78 is 6.86. The topological polar surface area (TPSA) is 68.5 Å². The lowest BCUT2D eigenvalue weighted by Gasteiger charge is -2.19. The Kier molecular flexibility index (Phi) is 3.84. The van der Waals surface area contributed by atoms with Crippen molar-refractivity contribution in [3.8, 4) is 0 Å². The Hall–Kier alpha value is -1.78. The van der Waals surface area contributed by atoms with Gasteiger partial charge in [-0.15, -0.1) is 0 Å². The molecule has 0 atom stereocenters. The monoisotopic (exact) mass is 253 g/mol. The number of esters is 1. The van der Waals surface area contributed by atoms with E-state index in [4.69, 9.17) is 9.84 Å². The van der Waals surface area contributed by atoms with Gasteiger partial charge in [-0.1, -0.05) is 0 Å². The van der Waals surface area contributed by atoms with Crippen molar-refractivity contribution >= 4 is 11.9 Å². The van der Waals surface area contributed by atoms with Gasteiger partial charge >= 0.3 is 11.9 Å². The molecule has 5 heteroatoms. The molecule has 0 aliphatic carbocycles. The first-order valence-electron chi connectivity index (χ1n) is 5.73. The number of carboxylic acid groups (broad SMARTS) is 1. The van der Waals surface area contributed by atoms with Crippen LogP contribution in [-0.2, 0) is 16.1 Å². The molecular weight excluding hydrogens is 234 g/mol. The minimum Gasteiger partial charge on any atom is -0.480 e. The minimum absolute atomic E-state index is 0.152. The highest BCUT2D eigenvalue weighted by Gasteiger charge is 2.22. The van der Waals surface area contributed by atoms with Gasteiger partial charge in [-0.05, 0) is 40.7 Å². The summed E-state index contributed by atoms with van der Waals surface area (Å²) in [5.41, 5.74) is 1.20. The van der Waals surface area contributed by atoms with Crippen molar-refractivity contribution in [3.05, 3.63) is 23.0 Å². The lowest BCUT2D eigenvalue weighted by molar-refractivity contribution is -0.137. The van der Waals surface area contributed by atoms with Gasteiger partial charge in [0.15, 0.2) is 0 Å². The molecule has 5 nitrogen and oxygen atoms in total. The van der Waals surface area contributed by atoms with Crippen molar-refractivity contribution in [2.75, 3.05) is 0 Å². The van der Waals surface area contributed by atoms with Gasteiger partial charge in [0.05, 0.1) is 5.56 Å². The minimum atomic E-state index is -0.937. The van der Waals surface area contributed by atoms with Gasteiger partial charge in [-0.3, -0.25) is 4.79 Å². The van der Waals surface area contributed by atoms with Crippen LogP contribution in [0.2, 0.25) is 0 Å². The van der Waals surface area contributed by atoms with Crippen molar-refractivity contribution < 1.29 is 19.4 Å². The zero-order chi connectivity index (χ0) is 14.1. The predicted octanol–water partition coefficient (Wildman–Crippen LogP) is 2.14. The SMILES string of the molecule is Cc1cc(C(=O)OC(C)(C)C)c(C)n1CC(=O)O. The van der Waals surface area contributed by atoms with Crippen LogP contribution in [0.3, 0.4) is 0 Å². The van der Waals surface area contributed by atoms with Gasteiger partial charge in [0.2, 0.25) is 0 Å². The van der Waals surface area contributed by atoms with Crippen LogP contribution < -0.4 is 0 Å². The van der Waals surface area contributed by atoms with E-state index < -0.39 is 17.5 Å². The highest BCUT2D eigenvalue weighted by Crippen LogP contribution is 2.19. The molecule has 18 heavy (non-hydrogen) atoms. The number of hydrogen-bond donors (Lipinski definition) is 1. The summed E-state index contributed by atoms with van der Waals surface area (Å²) in [5, 5.41) is 8.81. The molecule has 0 aliphatic heterocycles. The van der Waals surface area contributed by atoms with Crippen LogP contribution in [0.1, 0.15) is 42.5 Å². The number of aromatic nitrogens is 1. The van der Waals surface area contributed by atoms with E-state index in [1.54, 1.807) is 45.3 Å². The smallest absolute Gasteiger partial charge is 0.340 e. The summed E-state index contributed by atoms with van der Waals surface area (Å²) in [7, 11) is 0. The van der Waals surface area contributed by atoms with E-state index in [1.165, 1.54) is 0 Å². The van der Waals surface area contributed by atoms with Crippen LogP contribution in [0.15, 0.2) is 6.07 Å². The highest BCUT2D eigenvalue weighted by atomic mass is 16.6. The Balaban J connectivity index is 3.05. The molecule has 0 aliphatic rings. The Bertz CT molecular complexity index is 480. The molecule has 0 fully saturated rings. The van der Waals surface area contributed by atoms with E-state index in [-0.39, 0.29) is 6.54 Å². The Labute approximate surface area is 106 Å². The maximum Gasteiger partial charge on any atom is 0.340 e. The second kappa shape index (κ2) is 4.84. The Morgan fingerprint density at radius 1 is 1.33 bits per heavy atom. The summed E-state index contributed by atoms with van der Waals surface area (Å²) in [6, 6.07) is 1.66. The molecule has 1 heterocycles. The Morgan fingerprint density at radius 3 is 2.33 bits per heavy atom. The third-order valence-corrected chi connectivity index (χ3v) is 2.49. The number of carbonyl (C=O) groups is 2. The molecule has 0 aromatic carbocycles. The zero-order valence-electron chi connectivity index (χ0n) is 11.4. The van der Waals surface area contributed by atoms with Crippen molar-refractivity contribution in [2.45, 2.75) is 46.8 Å². The molecule has 1 aromatic rings. The maximum absolute atomic E-state index is 11.9. The second-order valence-corrected chi connectivity index (χ2v) is 5.27. The maximum atomic E-state index is 11.9. The summed E-state index contributed by atoms with van der Waals surface area (Å²) in [4.78, 5) is 22.7. The number of carbonyl (C=O) groups excluding carboxylic acids is 1. The fraction of sp³-hybridized carbons (Fsp3) is 0.538. The van der Waals surface area contributed by atoms with Gasteiger partial charge in [0.25, 0.3) is 0 Å². The third kappa shape index (κ3) is 3.35. The molecule has 0 saturated carbocycles. The van der Waals surface area contributed by atoms with E-state index in [0.29, 0.717) is 11.3 Å². The normalized spacial score (nSPS) is 11.4. The molecule has 0 spiro atoms. The van der Waals surface area contributed by atoms with Gasteiger partial charge < -0.3 is 14.4 Å². The van der Waals surface area contributed by atoms with E-state index >= 15 is 0 Å². The molecule has 0 unspecified atom stereocenters. The van der Waals surface area contributed by atoms with Gasteiger partial charge in [-0.2, -0.15) is 0 Å². The van der Waals surface area contributed by atoms with Crippen LogP contribution in [0.5, 0.6) is 0 Å². The van der Waals surface area contributed by atoms with Gasteiger partial charge in [0, 0.05) is 11.4 Å². The highest BCUT2D eigenvalue weighted by molar-refractivity contribution is 5.91. The van der Waals surface area contributed by atoms with Gasteiger partial charge in [0.1, 0.15) is 12.1 Å². The molecule has 0 radical (unpaired) electrons. The van der Waals surface area contributed by atoms with Crippen molar-refractivity contribution in [1.29, 1.82) is 0 Å². The number of hydrogen-bond acceptors (Lipinski definition) is 3. The fourth-order valence-corrected chi connectivity index (χ4v) is 1.72. The number of aryl methyl sites for hydroxylation is 1. The zero-order valence-corrected chi connectivity index (χ0v) is 11.4. The second-order valence-electron chi connectivity index (χ2n) is 5.27. The third-order valence-electron chi connectivity index (χ3n) is 2.49. The number of aliphatic carboxylic acids is 1. The largest absolute Gasteiger partial charge is 0.480 e. The number of ether oxygens (including phenoxy) is 1. The van der Waals surface area contributed by atoms with Crippen molar-refractivity contribution in [3.63, 3.8) is 0 Å². The average molecular weight is 253 g/mol. The van der Waals surface area contributed by atoms with Crippen LogP contribution in [0.4, 0.5) is 0 Å². The van der Waals surface area contributed by atoms with E-state index in [2.05, 4.69) is 0 Å². The van der Waals surface area contributed by atoms with E-state index in [1.807, 2.05) is 0 Å². The van der Waals surface area contributed by atoms with Crippen LogP contribution in [-0.4, -0.2) is 27.2 Å². The summed E-state index contributed by atoms with van der Waals surface area (Å²) >= 11 is 0. The molecule has 0 bridgehead atoms. The van der Waals surface area contributed by atoms with Crippen LogP contribution in [0.25, 0.3) is 0 Å². The van der Waals surface area contributed by atoms with Gasteiger partial charge in [-0.25, -0.2) is 4.79 Å². The summed E-state index contributed by atoms with van der Waals surface area (Å²) in [6.07, 6.45) is 0. The lowest BCUT2D eigenvalue weighted by Crippen LogP contribution is -2.24. The van der Waals surface area contributed by atoms with E-state index in [0.717, 1.165) is 5.69 Å². The average Bonchev–Trinajstić information content (AvgIpc) is 2.42. The van der Waals surface area contributed by atoms with Crippen LogP contribution in [0, 0.1) is 13.8 Å². The lowest BCUT2D eigenvalue weighted by atomic mass is 10.2. The van der Waals surface area contributed by atoms with E-state index in [9.17, 15) is 9.59 Å². The first kappa shape index (κ1) is 14.3. The molecule has 1 N–H and O–H groups in total. The quantitative estimate of drug-likeness (QED) is 0.838. The standard InChI is InChI=1S/C13H19NO4/c1-8-6-10(12(17)18-13(3,4)5)9(2)14(8)7-11(15)16/h6H,7H2,1-5H3,(H,15,16). The first-order valence-corrected chi connectivity index (χ1v) is 5.73. The van der Waals surface area contributed by atoms with Crippen molar-refractivity contribution in [1.82, 2.24) is 4.57 Å². The molecule has 0 amide bonds. The molecule has 100 valence electrons. The Morgan fingerprint density at radius 2 is 1.89 bits per heavy atom. The predicted molar refractivity (Wildman–Crippen MR) is 66.7 cm³/mol. The summed E-state index contributed by atoms with van der Waals surface area (Å²) in [6.45, 7) is 8.71. The molecule has 0 saturated heterocycles. The number of nitrogens with zero attached hydrogens (tertiary/aromatic N) is 1. The number of carboxylic acids is 1.